The van der Waals surface area contributed by atoms with Crippen LogP contribution in [-0.4, -0.2) is 34.6 Å². The summed E-state index contributed by atoms with van der Waals surface area (Å²) in [6.45, 7) is 1.96. The van der Waals surface area contributed by atoms with Crippen LogP contribution in [0.2, 0.25) is 0 Å². The third kappa shape index (κ3) is 3.92. The molecule has 0 radical (unpaired) electrons. The van der Waals surface area contributed by atoms with E-state index in [2.05, 4.69) is 15.4 Å². The van der Waals surface area contributed by atoms with Crippen LogP contribution in [0.1, 0.15) is 19.3 Å². The van der Waals surface area contributed by atoms with Gasteiger partial charge in [0.25, 0.3) is 0 Å². The first-order valence-electron chi connectivity index (χ1n) is 6.63. The molecule has 1 unspecified atom stereocenters. The van der Waals surface area contributed by atoms with E-state index in [1.165, 1.54) is 26.3 Å². The second-order valence-corrected chi connectivity index (χ2v) is 6.65. The maximum Gasteiger partial charge on any atom is 0.240 e. The van der Waals surface area contributed by atoms with Crippen molar-refractivity contribution in [2.24, 2.45) is 0 Å². The highest BCUT2D eigenvalue weighted by Gasteiger charge is 2.13. The van der Waals surface area contributed by atoms with Gasteiger partial charge in [-0.15, -0.1) is 0 Å². The minimum atomic E-state index is -3.34. The van der Waals surface area contributed by atoms with Crippen molar-refractivity contribution < 1.29 is 8.42 Å². The molecular formula is C13H21N3O2S. The average Bonchev–Trinajstić information content (AvgIpc) is 2.47. The van der Waals surface area contributed by atoms with Crippen LogP contribution in [0.3, 0.4) is 0 Å². The summed E-state index contributed by atoms with van der Waals surface area (Å²) in [5.74, 6) is 0. The molecule has 3 N–H and O–H groups in total. The second-order valence-electron chi connectivity index (χ2n) is 4.76. The van der Waals surface area contributed by atoms with Gasteiger partial charge in [-0.2, -0.15) is 0 Å². The van der Waals surface area contributed by atoms with Crippen molar-refractivity contribution in [3.8, 4) is 0 Å². The molecule has 1 aromatic carbocycles. The van der Waals surface area contributed by atoms with E-state index in [0.29, 0.717) is 6.04 Å². The zero-order valence-corrected chi connectivity index (χ0v) is 12.0. The van der Waals surface area contributed by atoms with Gasteiger partial charge in [-0.25, -0.2) is 13.1 Å². The third-order valence-electron chi connectivity index (χ3n) is 3.40. The van der Waals surface area contributed by atoms with E-state index < -0.39 is 10.0 Å². The fourth-order valence-corrected chi connectivity index (χ4v) is 2.94. The number of rotatable bonds is 5. The van der Waals surface area contributed by atoms with Crippen LogP contribution in [0, 0.1) is 0 Å². The monoisotopic (exact) mass is 283 g/mol. The smallest absolute Gasteiger partial charge is 0.240 e. The summed E-state index contributed by atoms with van der Waals surface area (Å²) in [5, 5.41) is 6.80. The van der Waals surface area contributed by atoms with E-state index in [-0.39, 0.29) is 4.90 Å². The summed E-state index contributed by atoms with van der Waals surface area (Å²) in [6, 6.07) is 7.33. The lowest BCUT2D eigenvalue weighted by Crippen LogP contribution is -2.39. The van der Waals surface area contributed by atoms with Crippen LogP contribution in [0.25, 0.3) is 0 Å². The van der Waals surface area contributed by atoms with E-state index >= 15 is 0 Å². The van der Waals surface area contributed by atoms with Crippen molar-refractivity contribution in [3.05, 3.63) is 24.3 Å². The van der Waals surface area contributed by atoms with Crippen LogP contribution in [0.15, 0.2) is 29.2 Å². The van der Waals surface area contributed by atoms with Gasteiger partial charge in [-0.1, -0.05) is 6.42 Å². The van der Waals surface area contributed by atoms with Crippen LogP contribution < -0.4 is 15.4 Å². The molecule has 0 bridgehead atoms. The first kappa shape index (κ1) is 14.3. The highest BCUT2D eigenvalue weighted by atomic mass is 32.2. The zero-order valence-electron chi connectivity index (χ0n) is 11.1. The summed E-state index contributed by atoms with van der Waals surface area (Å²) >= 11 is 0. The van der Waals surface area contributed by atoms with Gasteiger partial charge in [0, 0.05) is 18.3 Å². The zero-order chi connectivity index (χ0) is 13.7. The lowest BCUT2D eigenvalue weighted by molar-refractivity contribution is 0.414. The molecule has 1 aromatic rings. The van der Waals surface area contributed by atoms with Crippen molar-refractivity contribution in [1.29, 1.82) is 0 Å². The molecule has 1 aliphatic rings. The Kier molecular flexibility index (Phi) is 4.79. The summed E-state index contributed by atoms with van der Waals surface area (Å²) in [7, 11) is -1.93. The van der Waals surface area contributed by atoms with Crippen LogP contribution in [-0.2, 0) is 10.0 Å². The van der Waals surface area contributed by atoms with Gasteiger partial charge in [0.2, 0.25) is 10.0 Å². The van der Waals surface area contributed by atoms with E-state index in [9.17, 15) is 8.42 Å². The maximum atomic E-state index is 11.6. The highest BCUT2D eigenvalue weighted by Crippen LogP contribution is 2.14. The van der Waals surface area contributed by atoms with Crippen molar-refractivity contribution in [1.82, 2.24) is 10.0 Å². The second kappa shape index (κ2) is 6.36. The number of sulfonamides is 1. The summed E-state index contributed by atoms with van der Waals surface area (Å²) in [5.41, 5.74) is 0.947. The molecule has 1 saturated heterocycles. The van der Waals surface area contributed by atoms with E-state index in [1.54, 1.807) is 24.3 Å². The number of hydrogen-bond donors (Lipinski definition) is 3. The first-order chi connectivity index (χ1) is 9.12. The molecule has 5 nitrogen and oxygen atoms in total. The lowest BCUT2D eigenvalue weighted by atomic mass is 10.1. The molecule has 0 saturated carbocycles. The van der Waals surface area contributed by atoms with Crippen LogP contribution >= 0.6 is 0 Å². The molecule has 1 fully saturated rings. The van der Waals surface area contributed by atoms with Gasteiger partial charge in [0.05, 0.1) is 4.90 Å². The maximum absolute atomic E-state index is 11.6. The molecule has 1 atom stereocenters. The molecule has 0 aromatic heterocycles. The van der Waals surface area contributed by atoms with Crippen molar-refractivity contribution >= 4 is 15.7 Å². The number of nitrogens with one attached hydrogen (secondary N) is 3. The molecule has 6 heteroatoms. The van der Waals surface area contributed by atoms with Gasteiger partial charge in [-0.05, 0) is 50.7 Å². The van der Waals surface area contributed by atoms with Gasteiger partial charge in [0.15, 0.2) is 0 Å². The first-order valence-corrected chi connectivity index (χ1v) is 8.11. The molecule has 1 aliphatic heterocycles. The topological polar surface area (TPSA) is 70.2 Å². The predicted octanol–water partition coefficient (Wildman–Crippen LogP) is 1.15. The Morgan fingerprint density at radius 1 is 1.26 bits per heavy atom. The summed E-state index contributed by atoms with van der Waals surface area (Å²) < 4.78 is 25.5. The normalized spacial score (nSPS) is 20.2. The number of hydrogen-bond acceptors (Lipinski definition) is 4. The van der Waals surface area contributed by atoms with Crippen LogP contribution in [0.5, 0.6) is 0 Å². The molecule has 0 aliphatic carbocycles. The van der Waals surface area contributed by atoms with E-state index in [1.807, 2.05) is 0 Å². The quantitative estimate of drug-likeness (QED) is 0.758. The number of piperidine rings is 1. The molecule has 19 heavy (non-hydrogen) atoms. The Hall–Kier alpha value is -1.11. The SMILES string of the molecule is CNS(=O)(=O)c1ccc(NCC2CCCCN2)cc1. The molecule has 106 valence electrons. The van der Waals surface area contributed by atoms with Crippen molar-refractivity contribution in [2.75, 3.05) is 25.5 Å². The standard InChI is InChI=1S/C13H21N3O2S/c1-14-19(17,18)13-7-5-11(6-8-13)16-10-12-4-2-3-9-15-12/h5-8,12,14-16H,2-4,9-10H2,1H3. The fraction of sp³-hybridized carbons (Fsp3) is 0.538. The lowest BCUT2D eigenvalue weighted by Gasteiger charge is -2.24. The molecule has 1 heterocycles. The third-order valence-corrected chi connectivity index (χ3v) is 4.83. The Morgan fingerprint density at radius 3 is 2.58 bits per heavy atom. The summed E-state index contributed by atoms with van der Waals surface area (Å²) in [6.07, 6.45) is 3.73. The van der Waals surface area contributed by atoms with E-state index in [4.69, 9.17) is 0 Å². The van der Waals surface area contributed by atoms with Gasteiger partial charge < -0.3 is 10.6 Å². The Bertz CT molecular complexity index is 493. The molecular weight excluding hydrogens is 262 g/mol. The van der Waals surface area contributed by atoms with Gasteiger partial charge in [0.1, 0.15) is 0 Å². The molecule has 0 amide bonds. The number of anilines is 1. The van der Waals surface area contributed by atoms with Crippen molar-refractivity contribution in [2.45, 2.75) is 30.2 Å². The molecule has 0 spiro atoms. The average molecular weight is 283 g/mol. The van der Waals surface area contributed by atoms with Gasteiger partial charge >= 0.3 is 0 Å². The highest BCUT2D eigenvalue weighted by molar-refractivity contribution is 7.89. The van der Waals surface area contributed by atoms with E-state index in [0.717, 1.165) is 18.8 Å². The fourth-order valence-electron chi connectivity index (χ4n) is 2.21. The minimum Gasteiger partial charge on any atom is -0.383 e. The van der Waals surface area contributed by atoms with Gasteiger partial charge in [-0.3, -0.25) is 0 Å². The van der Waals surface area contributed by atoms with Crippen LogP contribution in [0.4, 0.5) is 5.69 Å². The minimum absolute atomic E-state index is 0.288. The summed E-state index contributed by atoms with van der Waals surface area (Å²) in [4.78, 5) is 0.288. The Morgan fingerprint density at radius 2 is 2.00 bits per heavy atom. The predicted molar refractivity (Wildman–Crippen MR) is 76.8 cm³/mol. The Balaban J connectivity index is 1.91. The Labute approximate surface area is 114 Å². The number of benzene rings is 1. The van der Waals surface area contributed by atoms with Crippen molar-refractivity contribution in [3.63, 3.8) is 0 Å². The molecule has 2 rings (SSSR count). The largest absolute Gasteiger partial charge is 0.383 e.